The maximum atomic E-state index is 3.65. The second-order valence-corrected chi connectivity index (χ2v) is 6.97. The van der Waals surface area contributed by atoms with Gasteiger partial charge < -0.3 is 5.32 Å². The van der Waals surface area contributed by atoms with Gasteiger partial charge in [0, 0.05) is 25.2 Å². The Kier molecular flexibility index (Phi) is 3.53. The van der Waals surface area contributed by atoms with Crippen LogP contribution in [0, 0.1) is 0 Å². The molecule has 0 bridgehead atoms. The molecule has 2 aliphatic carbocycles. The summed E-state index contributed by atoms with van der Waals surface area (Å²) in [4.78, 5) is 2.72. The van der Waals surface area contributed by atoms with Crippen LogP contribution in [0.1, 0.15) is 55.6 Å². The van der Waals surface area contributed by atoms with Crippen molar-refractivity contribution >= 4 is 0 Å². The lowest BCUT2D eigenvalue weighted by Gasteiger charge is -2.25. The smallest absolute Gasteiger partial charge is 0.0237 e. The minimum absolute atomic E-state index is 0.737. The van der Waals surface area contributed by atoms with Crippen LogP contribution in [0.5, 0.6) is 0 Å². The predicted molar refractivity (Wildman–Crippen MR) is 82.9 cm³/mol. The maximum absolute atomic E-state index is 3.65. The van der Waals surface area contributed by atoms with Crippen molar-refractivity contribution in [2.24, 2.45) is 0 Å². The SMILES string of the molecule is c1cc(C2CC2)ccc1CN(CC1CCCN1)C1CC1. The number of nitrogens with one attached hydrogen (secondary N) is 1. The van der Waals surface area contributed by atoms with Gasteiger partial charge in [-0.3, -0.25) is 4.90 Å². The van der Waals surface area contributed by atoms with Crippen molar-refractivity contribution in [3.63, 3.8) is 0 Å². The lowest BCUT2D eigenvalue weighted by atomic mass is 10.1. The van der Waals surface area contributed by atoms with Gasteiger partial charge >= 0.3 is 0 Å². The highest BCUT2D eigenvalue weighted by atomic mass is 15.2. The average Bonchev–Trinajstić information content (AvgIpc) is 3.39. The van der Waals surface area contributed by atoms with Crippen molar-refractivity contribution in [3.05, 3.63) is 35.4 Å². The largest absolute Gasteiger partial charge is 0.313 e. The Morgan fingerprint density at radius 2 is 1.80 bits per heavy atom. The van der Waals surface area contributed by atoms with Crippen LogP contribution in [0.15, 0.2) is 24.3 Å². The highest BCUT2D eigenvalue weighted by molar-refractivity contribution is 5.28. The number of benzene rings is 1. The quantitative estimate of drug-likeness (QED) is 0.853. The molecule has 2 saturated carbocycles. The van der Waals surface area contributed by atoms with E-state index in [2.05, 4.69) is 34.5 Å². The van der Waals surface area contributed by atoms with Crippen molar-refractivity contribution < 1.29 is 0 Å². The summed E-state index contributed by atoms with van der Waals surface area (Å²) in [5.74, 6) is 0.881. The Morgan fingerprint density at radius 1 is 1.00 bits per heavy atom. The molecular weight excluding hydrogens is 244 g/mol. The molecule has 0 amide bonds. The fraction of sp³-hybridized carbons (Fsp3) is 0.667. The molecule has 1 aliphatic heterocycles. The molecule has 1 saturated heterocycles. The Morgan fingerprint density at radius 3 is 2.40 bits per heavy atom. The maximum Gasteiger partial charge on any atom is 0.0237 e. The van der Waals surface area contributed by atoms with Crippen molar-refractivity contribution in [2.75, 3.05) is 13.1 Å². The number of nitrogens with zero attached hydrogens (tertiary/aromatic N) is 1. The van der Waals surface area contributed by atoms with Gasteiger partial charge in [0.15, 0.2) is 0 Å². The van der Waals surface area contributed by atoms with Gasteiger partial charge in [0.25, 0.3) is 0 Å². The predicted octanol–water partition coefficient (Wildman–Crippen LogP) is 3.28. The van der Waals surface area contributed by atoms with Crippen molar-refractivity contribution in [1.29, 1.82) is 0 Å². The van der Waals surface area contributed by atoms with Crippen molar-refractivity contribution in [3.8, 4) is 0 Å². The summed E-state index contributed by atoms with van der Waals surface area (Å²) in [6, 6.07) is 11.1. The summed E-state index contributed by atoms with van der Waals surface area (Å²) in [5, 5.41) is 3.65. The van der Waals surface area contributed by atoms with E-state index < -0.39 is 0 Å². The molecule has 2 nitrogen and oxygen atoms in total. The van der Waals surface area contributed by atoms with Gasteiger partial charge in [0.1, 0.15) is 0 Å². The third kappa shape index (κ3) is 3.07. The molecule has 0 aromatic heterocycles. The van der Waals surface area contributed by atoms with Gasteiger partial charge in [-0.25, -0.2) is 0 Å². The highest BCUT2D eigenvalue weighted by Crippen LogP contribution is 2.40. The highest BCUT2D eigenvalue weighted by Gasteiger charge is 2.31. The summed E-state index contributed by atoms with van der Waals surface area (Å²) in [5.41, 5.74) is 3.06. The first-order chi connectivity index (χ1) is 9.88. The lowest BCUT2D eigenvalue weighted by molar-refractivity contribution is 0.231. The van der Waals surface area contributed by atoms with Crippen LogP contribution in [0.2, 0.25) is 0 Å². The van der Waals surface area contributed by atoms with Crippen molar-refractivity contribution in [1.82, 2.24) is 10.2 Å². The first kappa shape index (κ1) is 12.8. The van der Waals surface area contributed by atoms with E-state index in [9.17, 15) is 0 Å². The van der Waals surface area contributed by atoms with Gasteiger partial charge in [-0.05, 0) is 62.1 Å². The zero-order valence-corrected chi connectivity index (χ0v) is 12.4. The summed E-state index contributed by atoms with van der Waals surface area (Å²) in [6.07, 6.45) is 8.35. The van der Waals surface area contributed by atoms with Crippen molar-refractivity contribution in [2.45, 2.75) is 63.1 Å². The molecule has 20 heavy (non-hydrogen) atoms. The standard InChI is InChI=1S/C18H26N2/c1-2-17(19-11-1)13-20(18-9-10-18)12-14-3-5-15(6-4-14)16-7-8-16/h3-6,16-19H,1-2,7-13H2. The minimum atomic E-state index is 0.737. The minimum Gasteiger partial charge on any atom is -0.313 e. The van der Waals surface area contributed by atoms with Gasteiger partial charge in [-0.15, -0.1) is 0 Å². The van der Waals surface area contributed by atoms with Crippen LogP contribution in [0.25, 0.3) is 0 Å². The van der Waals surface area contributed by atoms with Gasteiger partial charge in [-0.2, -0.15) is 0 Å². The van der Waals surface area contributed by atoms with Gasteiger partial charge in [0.05, 0.1) is 0 Å². The summed E-state index contributed by atoms with van der Waals surface area (Å²) in [7, 11) is 0. The molecule has 1 unspecified atom stereocenters. The molecule has 1 aromatic rings. The molecule has 0 spiro atoms. The molecule has 2 heteroatoms. The zero-order valence-electron chi connectivity index (χ0n) is 12.4. The Bertz CT molecular complexity index is 439. The Balaban J connectivity index is 1.38. The second-order valence-electron chi connectivity index (χ2n) is 6.97. The number of hydrogen-bond donors (Lipinski definition) is 1. The molecule has 1 aromatic carbocycles. The van der Waals surface area contributed by atoms with Crippen LogP contribution in [0.4, 0.5) is 0 Å². The molecule has 4 rings (SSSR count). The van der Waals surface area contributed by atoms with E-state index in [4.69, 9.17) is 0 Å². The lowest BCUT2D eigenvalue weighted by Crippen LogP contribution is -2.38. The van der Waals surface area contributed by atoms with Crippen LogP contribution in [-0.4, -0.2) is 30.1 Å². The van der Waals surface area contributed by atoms with Gasteiger partial charge in [0.2, 0.25) is 0 Å². The second kappa shape index (κ2) is 5.50. The Hall–Kier alpha value is -0.860. The third-order valence-electron chi connectivity index (χ3n) is 5.09. The molecule has 3 fully saturated rings. The normalized spacial score (nSPS) is 26.4. The van der Waals surface area contributed by atoms with Crippen LogP contribution < -0.4 is 5.32 Å². The molecular formula is C18H26N2. The van der Waals surface area contributed by atoms with Gasteiger partial charge in [-0.1, -0.05) is 24.3 Å². The fourth-order valence-corrected chi connectivity index (χ4v) is 3.52. The molecule has 1 atom stereocenters. The first-order valence-electron chi connectivity index (χ1n) is 8.45. The van der Waals surface area contributed by atoms with E-state index in [1.54, 1.807) is 5.56 Å². The van der Waals surface area contributed by atoms with E-state index in [1.165, 1.54) is 57.2 Å². The molecule has 3 aliphatic rings. The molecule has 1 heterocycles. The number of hydrogen-bond acceptors (Lipinski definition) is 2. The number of rotatable bonds is 6. The monoisotopic (exact) mass is 270 g/mol. The average molecular weight is 270 g/mol. The summed E-state index contributed by atoms with van der Waals surface area (Å²) in [6.45, 7) is 3.61. The van der Waals surface area contributed by atoms with E-state index >= 15 is 0 Å². The van der Waals surface area contributed by atoms with Crippen LogP contribution in [-0.2, 0) is 6.54 Å². The Labute approximate surface area is 122 Å². The molecule has 1 N–H and O–H groups in total. The van der Waals surface area contributed by atoms with E-state index in [-0.39, 0.29) is 0 Å². The molecule has 0 radical (unpaired) electrons. The van der Waals surface area contributed by atoms with E-state index in [1.807, 2.05) is 0 Å². The van der Waals surface area contributed by atoms with Crippen LogP contribution >= 0.6 is 0 Å². The topological polar surface area (TPSA) is 15.3 Å². The van der Waals surface area contributed by atoms with E-state index in [0.717, 1.165) is 24.5 Å². The third-order valence-corrected chi connectivity index (χ3v) is 5.09. The first-order valence-corrected chi connectivity index (χ1v) is 8.45. The summed E-state index contributed by atoms with van der Waals surface area (Å²) < 4.78 is 0. The zero-order chi connectivity index (χ0) is 13.4. The molecule has 108 valence electrons. The fourth-order valence-electron chi connectivity index (χ4n) is 3.52. The summed E-state index contributed by atoms with van der Waals surface area (Å²) >= 11 is 0. The van der Waals surface area contributed by atoms with Crippen LogP contribution in [0.3, 0.4) is 0 Å². The van der Waals surface area contributed by atoms with E-state index in [0.29, 0.717) is 0 Å².